The van der Waals surface area contributed by atoms with Gasteiger partial charge in [-0.3, -0.25) is 4.79 Å². The Morgan fingerprint density at radius 2 is 2.62 bits per heavy atom. The maximum Gasteiger partial charge on any atom is 0.314 e. The van der Waals surface area contributed by atoms with Gasteiger partial charge in [0.25, 0.3) is 0 Å². The molecule has 0 aromatic carbocycles. The van der Waals surface area contributed by atoms with Crippen molar-refractivity contribution in [2.45, 2.75) is 23.8 Å². The molecule has 0 amide bonds. The quantitative estimate of drug-likeness (QED) is 0.458. The molecule has 0 saturated carbocycles. The average Bonchev–Trinajstić information content (AvgIpc) is 2.84. The highest BCUT2D eigenvalue weighted by molar-refractivity contribution is 7.99. The molecule has 1 aliphatic heterocycles. The first-order valence-corrected chi connectivity index (χ1v) is 6.26. The molecule has 86 valence electrons. The van der Waals surface area contributed by atoms with Gasteiger partial charge in [-0.05, 0) is 12.5 Å². The van der Waals surface area contributed by atoms with E-state index < -0.39 is 0 Å². The predicted octanol–water partition coefficient (Wildman–Crippen LogP) is 2.43. The van der Waals surface area contributed by atoms with Crippen LogP contribution in [0.1, 0.15) is 18.0 Å². The molecule has 1 aromatic heterocycles. The third-order valence-corrected chi connectivity index (χ3v) is 3.73. The van der Waals surface area contributed by atoms with E-state index in [4.69, 9.17) is 4.74 Å². The summed E-state index contributed by atoms with van der Waals surface area (Å²) in [5.41, 5.74) is 1.08. The molecular formula is C12H15NO2S. The number of thioether (sulfide) groups is 1. The number of carbonyl (C=O) groups excluding carboxylic acids is 1. The number of rotatable bonds is 4. The number of hydrogen-bond donors (Lipinski definition) is 0. The number of carbonyl (C=O) groups is 1. The second-order valence-corrected chi connectivity index (χ2v) is 4.85. The molecule has 1 unspecified atom stereocenters. The van der Waals surface area contributed by atoms with E-state index in [1.807, 2.05) is 6.08 Å². The monoisotopic (exact) mass is 237 g/mol. The summed E-state index contributed by atoms with van der Waals surface area (Å²) in [4.78, 5) is 12.7. The fraction of sp³-hybridized carbons (Fsp3) is 0.417. The maximum absolute atomic E-state index is 11.5. The van der Waals surface area contributed by atoms with Crippen LogP contribution in [0.15, 0.2) is 29.8 Å². The van der Waals surface area contributed by atoms with Gasteiger partial charge in [-0.15, -0.1) is 18.3 Å². The van der Waals surface area contributed by atoms with Gasteiger partial charge in [-0.25, -0.2) is 0 Å². The lowest BCUT2D eigenvalue weighted by atomic mass is 10.1. The van der Waals surface area contributed by atoms with Crippen molar-refractivity contribution >= 4 is 17.7 Å². The zero-order valence-corrected chi connectivity index (χ0v) is 10.1. The number of aryl methyl sites for hydroxylation is 1. The smallest absolute Gasteiger partial charge is 0.314 e. The van der Waals surface area contributed by atoms with Crippen molar-refractivity contribution in [3.8, 4) is 0 Å². The van der Waals surface area contributed by atoms with Gasteiger partial charge in [0.05, 0.1) is 13.0 Å². The number of aromatic nitrogens is 1. The van der Waals surface area contributed by atoms with Crippen molar-refractivity contribution in [1.29, 1.82) is 0 Å². The van der Waals surface area contributed by atoms with Crippen LogP contribution in [0.5, 0.6) is 0 Å². The molecule has 0 saturated heterocycles. The third kappa shape index (κ3) is 2.02. The van der Waals surface area contributed by atoms with E-state index in [0.717, 1.165) is 24.4 Å². The molecule has 2 rings (SSSR count). The fourth-order valence-electron chi connectivity index (χ4n) is 2.02. The van der Waals surface area contributed by atoms with Gasteiger partial charge in [0.15, 0.2) is 0 Å². The minimum absolute atomic E-state index is 0.0805. The van der Waals surface area contributed by atoms with Crippen molar-refractivity contribution in [3.05, 3.63) is 30.6 Å². The second-order valence-electron chi connectivity index (χ2n) is 3.76. The molecule has 0 fully saturated rings. The van der Waals surface area contributed by atoms with Crippen LogP contribution in [0.4, 0.5) is 0 Å². The Morgan fingerprint density at radius 3 is 3.31 bits per heavy atom. The molecule has 0 bridgehead atoms. The first-order chi connectivity index (χ1) is 7.76. The Labute approximate surface area is 99.5 Å². The van der Waals surface area contributed by atoms with Gasteiger partial charge in [0, 0.05) is 29.1 Å². The van der Waals surface area contributed by atoms with E-state index in [1.165, 1.54) is 12.0 Å². The van der Waals surface area contributed by atoms with E-state index in [9.17, 15) is 4.79 Å². The Balaban J connectivity index is 2.16. The Morgan fingerprint density at radius 1 is 1.81 bits per heavy atom. The first-order valence-electron chi connectivity index (χ1n) is 5.28. The molecule has 16 heavy (non-hydrogen) atoms. The average molecular weight is 237 g/mol. The largest absolute Gasteiger partial charge is 0.469 e. The highest BCUT2D eigenvalue weighted by Gasteiger charge is 2.30. The van der Waals surface area contributed by atoms with E-state index in [0.29, 0.717) is 0 Å². The van der Waals surface area contributed by atoms with E-state index >= 15 is 0 Å². The number of nitrogens with zero attached hydrogens (tertiary/aromatic N) is 1. The molecule has 0 spiro atoms. The number of hydrogen-bond acceptors (Lipinski definition) is 3. The minimum atomic E-state index is -0.128. The van der Waals surface area contributed by atoms with E-state index in [-0.39, 0.29) is 11.9 Å². The van der Waals surface area contributed by atoms with Crippen molar-refractivity contribution in [3.63, 3.8) is 0 Å². The van der Waals surface area contributed by atoms with Gasteiger partial charge in [0.2, 0.25) is 0 Å². The summed E-state index contributed by atoms with van der Waals surface area (Å²) in [6, 6.07) is 2.09. The van der Waals surface area contributed by atoms with Gasteiger partial charge in [0.1, 0.15) is 0 Å². The highest BCUT2D eigenvalue weighted by atomic mass is 32.2. The van der Waals surface area contributed by atoms with Crippen molar-refractivity contribution in [2.24, 2.45) is 0 Å². The lowest BCUT2D eigenvalue weighted by Crippen LogP contribution is -2.11. The summed E-state index contributed by atoms with van der Waals surface area (Å²) in [6.07, 6.45) is 4.84. The summed E-state index contributed by atoms with van der Waals surface area (Å²) < 4.78 is 6.95. The van der Waals surface area contributed by atoms with Gasteiger partial charge in [-0.2, -0.15) is 0 Å². The molecular weight excluding hydrogens is 222 g/mol. The van der Waals surface area contributed by atoms with Crippen LogP contribution >= 0.6 is 11.8 Å². The van der Waals surface area contributed by atoms with Crippen LogP contribution in [0.25, 0.3) is 0 Å². The highest BCUT2D eigenvalue weighted by Crippen LogP contribution is 2.33. The molecule has 0 radical (unpaired) electrons. The van der Waals surface area contributed by atoms with Crippen LogP contribution < -0.4 is 0 Å². The van der Waals surface area contributed by atoms with Crippen LogP contribution in [-0.4, -0.2) is 23.4 Å². The molecule has 2 heterocycles. The predicted molar refractivity (Wildman–Crippen MR) is 64.7 cm³/mol. The molecule has 3 nitrogen and oxygen atoms in total. The van der Waals surface area contributed by atoms with Crippen LogP contribution in [-0.2, 0) is 16.1 Å². The lowest BCUT2D eigenvalue weighted by Gasteiger charge is -2.05. The summed E-state index contributed by atoms with van der Waals surface area (Å²) in [5.74, 6) is 0.687. The number of methoxy groups -OCH3 is 1. The van der Waals surface area contributed by atoms with E-state index in [2.05, 4.69) is 23.4 Å². The van der Waals surface area contributed by atoms with Gasteiger partial charge >= 0.3 is 5.97 Å². The second kappa shape index (κ2) is 4.78. The normalized spacial score (nSPS) is 18.2. The molecule has 0 aliphatic carbocycles. The van der Waals surface area contributed by atoms with E-state index in [1.54, 1.807) is 11.8 Å². The Kier molecular flexibility index (Phi) is 3.39. The molecule has 4 heteroatoms. The Hall–Kier alpha value is -1.16. The standard InChI is InChI=1S/C12H15NO2S/c1-3-6-16-9-7-11-10(12(14)15-2)4-5-13(11)8-9/h3,7-8,10H,1,4-6H2,2H3. The van der Waals surface area contributed by atoms with Crippen molar-refractivity contribution in [2.75, 3.05) is 12.9 Å². The zero-order chi connectivity index (χ0) is 11.5. The molecule has 1 atom stereocenters. The fourth-order valence-corrected chi connectivity index (χ4v) is 2.74. The molecule has 0 N–H and O–H groups in total. The number of fused-ring (bicyclic) bond motifs is 1. The Bertz CT molecular complexity index is 411. The molecule has 1 aliphatic rings. The SMILES string of the molecule is C=CCSc1cc2n(c1)CCC2C(=O)OC. The van der Waals surface area contributed by atoms with Crippen molar-refractivity contribution < 1.29 is 9.53 Å². The van der Waals surface area contributed by atoms with Gasteiger partial charge in [-0.1, -0.05) is 6.08 Å². The topological polar surface area (TPSA) is 31.2 Å². The minimum Gasteiger partial charge on any atom is -0.469 e. The number of ether oxygens (including phenoxy) is 1. The van der Waals surface area contributed by atoms with Crippen LogP contribution in [0.2, 0.25) is 0 Å². The third-order valence-electron chi connectivity index (χ3n) is 2.77. The molecule has 1 aromatic rings. The number of esters is 1. The van der Waals surface area contributed by atoms with Crippen LogP contribution in [0, 0.1) is 0 Å². The summed E-state index contributed by atoms with van der Waals surface area (Å²) in [5, 5.41) is 0. The summed E-state index contributed by atoms with van der Waals surface area (Å²) in [7, 11) is 1.45. The summed E-state index contributed by atoms with van der Waals surface area (Å²) >= 11 is 1.74. The van der Waals surface area contributed by atoms with Crippen LogP contribution in [0.3, 0.4) is 0 Å². The zero-order valence-electron chi connectivity index (χ0n) is 9.31. The van der Waals surface area contributed by atoms with Crippen molar-refractivity contribution in [1.82, 2.24) is 4.57 Å². The summed E-state index contributed by atoms with van der Waals surface area (Å²) in [6.45, 7) is 4.60. The maximum atomic E-state index is 11.5. The first kappa shape index (κ1) is 11.3. The lowest BCUT2D eigenvalue weighted by molar-refractivity contribution is -0.142. The van der Waals surface area contributed by atoms with Gasteiger partial charge < -0.3 is 9.30 Å².